The van der Waals surface area contributed by atoms with Gasteiger partial charge in [-0.05, 0) is 32.9 Å². The van der Waals surface area contributed by atoms with Gasteiger partial charge in [-0.1, -0.05) is 12.1 Å². The Bertz CT molecular complexity index is 459. The lowest BCUT2D eigenvalue weighted by molar-refractivity contribution is 0.0749. The van der Waals surface area contributed by atoms with Crippen LogP contribution in [-0.2, 0) is 0 Å². The third kappa shape index (κ3) is 3.44. The second-order valence-electron chi connectivity index (χ2n) is 5.41. The Morgan fingerprint density at radius 3 is 2.84 bits per heavy atom. The molecule has 1 aliphatic rings. The molecule has 1 aromatic rings. The largest absolute Gasteiger partial charge is 0.385 e. The van der Waals surface area contributed by atoms with Gasteiger partial charge >= 0.3 is 0 Å². The maximum atomic E-state index is 12.7. The van der Waals surface area contributed by atoms with Crippen molar-refractivity contribution in [1.82, 2.24) is 4.90 Å². The number of hydrogen-bond donors (Lipinski definition) is 1. The van der Waals surface area contributed by atoms with Crippen LogP contribution in [0.15, 0.2) is 24.3 Å². The first-order chi connectivity index (χ1) is 9.03. The minimum absolute atomic E-state index is 0.143. The van der Waals surface area contributed by atoms with E-state index >= 15 is 0 Å². The van der Waals surface area contributed by atoms with Crippen LogP contribution in [0.1, 0.15) is 31.1 Å². The van der Waals surface area contributed by atoms with Crippen LogP contribution in [0, 0.1) is 0 Å². The number of carbonyl (C=O) groups is 1. The summed E-state index contributed by atoms with van der Waals surface area (Å²) >= 11 is 1.94. The van der Waals surface area contributed by atoms with Crippen molar-refractivity contribution in [3.63, 3.8) is 0 Å². The number of anilines is 1. The van der Waals surface area contributed by atoms with Crippen molar-refractivity contribution < 1.29 is 4.79 Å². The van der Waals surface area contributed by atoms with E-state index < -0.39 is 0 Å². The van der Waals surface area contributed by atoms with Crippen molar-refractivity contribution >= 4 is 23.4 Å². The predicted molar refractivity (Wildman–Crippen MR) is 83.0 cm³/mol. The number of rotatable bonds is 3. The van der Waals surface area contributed by atoms with Crippen molar-refractivity contribution in [1.29, 1.82) is 0 Å². The number of benzene rings is 1. The molecule has 1 aliphatic heterocycles. The van der Waals surface area contributed by atoms with Gasteiger partial charge in [0.2, 0.25) is 0 Å². The molecule has 104 valence electrons. The first kappa shape index (κ1) is 14.3. The molecule has 19 heavy (non-hydrogen) atoms. The van der Waals surface area contributed by atoms with Gasteiger partial charge in [0.25, 0.3) is 5.91 Å². The fourth-order valence-electron chi connectivity index (χ4n) is 2.37. The lowest BCUT2D eigenvalue weighted by Gasteiger charge is -2.37. The molecule has 1 amide bonds. The van der Waals surface area contributed by atoms with E-state index in [9.17, 15) is 4.79 Å². The molecule has 0 unspecified atom stereocenters. The van der Waals surface area contributed by atoms with Crippen molar-refractivity contribution in [3.8, 4) is 0 Å². The van der Waals surface area contributed by atoms with Crippen LogP contribution in [0.4, 0.5) is 5.69 Å². The maximum Gasteiger partial charge on any atom is 0.256 e. The van der Waals surface area contributed by atoms with Crippen molar-refractivity contribution in [3.05, 3.63) is 29.8 Å². The number of carbonyl (C=O) groups excluding carboxylic acids is 1. The van der Waals surface area contributed by atoms with Gasteiger partial charge in [-0.15, -0.1) is 0 Å². The lowest BCUT2D eigenvalue weighted by atomic mass is 10.1. The highest BCUT2D eigenvalue weighted by atomic mass is 32.2. The number of nitrogens with zero attached hydrogens (tertiary/aromatic N) is 1. The fourth-order valence-corrected chi connectivity index (χ4v) is 3.49. The average Bonchev–Trinajstić information content (AvgIpc) is 2.38. The number of nitrogens with one attached hydrogen (secondary N) is 1. The van der Waals surface area contributed by atoms with Gasteiger partial charge in [0.05, 0.1) is 5.56 Å². The minimum atomic E-state index is 0.143. The summed E-state index contributed by atoms with van der Waals surface area (Å²) in [6.07, 6.45) is 0. The molecule has 1 saturated heterocycles. The van der Waals surface area contributed by atoms with Crippen LogP contribution in [0.5, 0.6) is 0 Å². The predicted octanol–water partition coefficient (Wildman–Crippen LogP) is 3.09. The van der Waals surface area contributed by atoms with E-state index in [4.69, 9.17) is 0 Å². The average molecular weight is 278 g/mol. The second-order valence-corrected chi connectivity index (χ2v) is 7.21. The number of thioether (sulfide) groups is 1. The topological polar surface area (TPSA) is 32.3 Å². The van der Waals surface area contributed by atoms with Crippen LogP contribution in [0.2, 0.25) is 0 Å². The van der Waals surface area contributed by atoms with E-state index in [1.807, 2.05) is 47.9 Å². The van der Waals surface area contributed by atoms with E-state index in [0.29, 0.717) is 0 Å². The van der Waals surface area contributed by atoms with Gasteiger partial charge in [-0.25, -0.2) is 0 Å². The Kier molecular flexibility index (Phi) is 4.40. The first-order valence-corrected chi connectivity index (χ1v) is 7.78. The Balaban J connectivity index is 2.19. The summed E-state index contributed by atoms with van der Waals surface area (Å²) < 4.78 is 0.154. The molecule has 0 spiro atoms. The van der Waals surface area contributed by atoms with Gasteiger partial charge in [0.15, 0.2) is 0 Å². The highest BCUT2D eigenvalue weighted by Crippen LogP contribution is 2.30. The van der Waals surface area contributed by atoms with Gasteiger partial charge in [0.1, 0.15) is 0 Å². The summed E-state index contributed by atoms with van der Waals surface area (Å²) in [6, 6.07) is 7.78. The van der Waals surface area contributed by atoms with Crippen LogP contribution >= 0.6 is 11.8 Å². The second kappa shape index (κ2) is 5.87. The molecule has 1 aromatic carbocycles. The highest BCUT2D eigenvalue weighted by Gasteiger charge is 2.30. The number of hydrogen-bond acceptors (Lipinski definition) is 3. The van der Waals surface area contributed by atoms with Gasteiger partial charge in [0, 0.05) is 35.8 Å². The Morgan fingerprint density at radius 1 is 1.42 bits per heavy atom. The molecule has 4 heteroatoms. The summed E-state index contributed by atoms with van der Waals surface area (Å²) in [5.74, 6) is 1.16. The van der Waals surface area contributed by atoms with Gasteiger partial charge < -0.3 is 10.2 Å². The normalized spacial score (nSPS) is 18.2. The van der Waals surface area contributed by atoms with Crippen LogP contribution < -0.4 is 5.32 Å². The molecule has 1 fully saturated rings. The molecule has 1 N–H and O–H groups in total. The van der Waals surface area contributed by atoms with E-state index in [0.717, 1.165) is 36.6 Å². The Hall–Kier alpha value is -1.16. The van der Waals surface area contributed by atoms with E-state index in [2.05, 4.69) is 19.2 Å². The Labute approximate surface area is 119 Å². The minimum Gasteiger partial charge on any atom is -0.385 e. The SMILES string of the molecule is CCNc1ccccc1C(=O)N1CCSC(C)(C)C1. The molecule has 2 rings (SSSR count). The zero-order valence-electron chi connectivity index (χ0n) is 11.9. The standard InChI is InChI=1S/C15H22N2OS/c1-4-16-13-8-6-5-7-12(13)14(18)17-9-10-19-15(2,3)11-17/h5-8,16H,4,9-11H2,1-3H3. The molecule has 1 heterocycles. The van der Waals surface area contributed by atoms with Gasteiger partial charge in [-0.2, -0.15) is 11.8 Å². The lowest BCUT2D eigenvalue weighted by Crippen LogP contribution is -2.46. The number of amides is 1. The molecule has 0 saturated carbocycles. The van der Waals surface area contributed by atoms with Gasteiger partial charge in [-0.3, -0.25) is 4.79 Å². The van der Waals surface area contributed by atoms with E-state index in [1.165, 1.54) is 0 Å². The molecule has 3 nitrogen and oxygen atoms in total. The molecule has 0 atom stereocenters. The molecule has 0 radical (unpaired) electrons. The molecule has 0 bridgehead atoms. The zero-order valence-corrected chi connectivity index (χ0v) is 12.7. The summed E-state index contributed by atoms with van der Waals surface area (Å²) in [7, 11) is 0. The summed E-state index contributed by atoms with van der Waals surface area (Å²) in [5, 5.41) is 3.26. The Morgan fingerprint density at radius 2 is 2.16 bits per heavy atom. The molecule has 0 aromatic heterocycles. The maximum absolute atomic E-state index is 12.7. The zero-order chi connectivity index (χ0) is 13.9. The molecular weight excluding hydrogens is 256 g/mol. The monoisotopic (exact) mass is 278 g/mol. The van der Waals surface area contributed by atoms with Crippen molar-refractivity contribution in [2.75, 3.05) is 30.7 Å². The summed E-state index contributed by atoms with van der Waals surface area (Å²) in [4.78, 5) is 14.6. The molecule has 0 aliphatic carbocycles. The van der Waals surface area contributed by atoms with Crippen LogP contribution in [0.3, 0.4) is 0 Å². The highest BCUT2D eigenvalue weighted by molar-refractivity contribution is 8.00. The van der Waals surface area contributed by atoms with Crippen LogP contribution in [0.25, 0.3) is 0 Å². The smallest absolute Gasteiger partial charge is 0.256 e. The first-order valence-electron chi connectivity index (χ1n) is 6.79. The van der Waals surface area contributed by atoms with Crippen molar-refractivity contribution in [2.24, 2.45) is 0 Å². The van der Waals surface area contributed by atoms with Crippen molar-refractivity contribution in [2.45, 2.75) is 25.5 Å². The molecular formula is C15H22N2OS. The summed E-state index contributed by atoms with van der Waals surface area (Å²) in [5.41, 5.74) is 1.72. The third-order valence-corrected chi connectivity index (χ3v) is 4.53. The van der Waals surface area contributed by atoms with E-state index in [-0.39, 0.29) is 10.7 Å². The number of para-hydroxylation sites is 1. The fraction of sp³-hybridized carbons (Fsp3) is 0.533. The summed E-state index contributed by atoms with van der Waals surface area (Å²) in [6.45, 7) is 8.93. The van der Waals surface area contributed by atoms with E-state index in [1.54, 1.807) is 0 Å². The third-order valence-electron chi connectivity index (χ3n) is 3.24. The quantitative estimate of drug-likeness (QED) is 0.922. The van der Waals surface area contributed by atoms with Crippen LogP contribution in [-0.4, -0.2) is 40.9 Å².